The highest BCUT2D eigenvalue weighted by Gasteiger charge is 2.35. The fourth-order valence-corrected chi connectivity index (χ4v) is 3.31. The maximum atomic E-state index is 12.7. The van der Waals surface area contributed by atoms with Crippen molar-refractivity contribution in [3.8, 4) is 0 Å². The Kier molecular flexibility index (Phi) is 3.74. The van der Waals surface area contributed by atoms with Gasteiger partial charge >= 0.3 is 5.97 Å². The van der Waals surface area contributed by atoms with Crippen LogP contribution >= 0.6 is 15.9 Å². The maximum absolute atomic E-state index is 12.7. The Labute approximate surface area is 133 Å². The minimum atomic E-state index is -1.01. The SMILES string of the molecule is O=C(O)[C@@H]1CCCN1C(=O)c1cc(=O)[nH]c2c(Br)cccc12. The number of nitrogens with zero attached hydrogens (tertiary/aromatic N) is 1. The highest BCUT2D eigenvalue weighted by Crippen LogP contribution is 2.26. The number of aliphatic carboxylic acids is 1. The Morgan fingerprint density at radius 1 is 1.36 bits per heavy atom. The van der Waals surface area contributed by atoms with E-state index < -0.39 is 23.5 Å². The Balaban J connectivity index is 2.14. The molecule has 1 aromatic carbocycles. The molecule has 0 spiro atoms. The van der Waals surface area contributed by atoms with Crippen LogP contribution < -0.4 is 5.56 Å². The number of nitrogens with one attached hydrogen (secondary N) is 1. The molecule has 0 radical (unpaired) electrons. The Bertz CT molecular complexity index is 830. The summed E-state index contributed by atoms with van der Waals surface area (Å²) in [4.78, 5) is 39.8. The third-order valence-corrected chi connectivity index (χ3v) is 4.52. The van der Waals surface area contributed by atoms with Gasteiger partial charge in [0, 0.05) is 22.5 Å². The maximum Gasteiger partial charge on any atom is 0.326 e. The minimum Gasteiger partial charge on any atom is -0.480 e. The van der Waals surface area contributed by atoms with E-state index in [4.69, 9.17) is 0 Å². The number of aromatic nitrogens is 1. The molecule has 3 rings (SSSR count). The molecule has 114 valence electrons. The number of carbonyl (C=O) groups excluding carboxylic acids is 1. The van der Waals surface area contributed by atoms with E-state index in [-0.39, 0.29) is 5.56 Å². The number of benzene rings is 1. The first-order chi connectivity index (χ1) is 10.5. The molecule has 1 aromatic heterocycles. The second-order valence-corrected chi connectivity index (χ2v) is 6.06. The average Bonchev–Trinajstić information content (AvgIpc) is 2.96. The molecule has 1 saturated heterocycles. The van der Waals surface area contributed by atoms with Crippen molar-refractivity contribution >= 4 is 38.7 Å². The average molecular weight is 365 g/mol. The zero-order chi connectivity index (χ0) is 15.9. The van der Waals surface area contributed by atoms with Crippen LogP contribution in [0.2, 0.25) is 0 Å². The van der Waals surface area contributed by atoms with Crippen molar-refractivity contribution < 1.29 is 14.7 Å². The van der Waals surface area contributed by atoms with Gasteiger partial charge in [-0.3, -0.25) is 9.59 Å². The number of hydrogen-bond acceptors (Lipinski definition) is 3. The quantitative estimate of drug-likeness (QED) is 0.852. The first kappa shape index (κ1) is 14.8. The molecule has 2 aromatic rings. The molecule has 22 heavy (non-hydrogen) atoms. The monoisotopic (exact) mass is 364 g/mol. The molecule has 6 nitrogen and oxygen atoms in total. The van der Waals surface area contributed by atoms with Crippen molar-refractivity contribution in [1.82, 2.24) is 9.88 Å². The van der Waals surface area contributed by atoms with Crippen LogP contribution in [0.25, 0.3) is 10.9 Å². The number of fused-ring (bicyclic) bond motifs is 1. The number of pyridine rings is 1. The van der Waals surface area contributed by atoms with Gasteiger partial charge in [-0.25, -0.2) is 4.79 Å². The molecule has 0 bridgehead atoms. The number of likely N-dealkylation sites (tertiary alicyclic amines) is 1. The van der Waals surface area contributed by atoms with Crippen LogP contribution in [0, 0.1) is 0 Å². The zero-order valence-corrected chi connectivity index (χ0v) is 13.1. The summed E-state index contributed by atoms with van der Waals surface area (Å²) in [5.74, 6) is -1.43. The summed E-state index contributed by atoms with van der Waals surface area (Å²) in [5, 5.41) is 9.81. The number of carboxylic acid groups (broad SMARTS) is 1. The van der Waals surface area contributed by atoms with Gasteiger partial charge in [-0.1, -0.05) is 12.1 Å². The van der Waals surface area contributed by atoms with E-state index >= 15 is 0 Å². The summed E-state index contributed by atoms with van der Waals surface area (Å²) in [6.07, 6.45) is 1.08. The number of rotatable bonds is 2. The van der Waals surface area contributed by atoms with Crippen LogP contribution in [-0.2, 0) is 4.79 Å². The summed E-state index contributed by atoms with van der Waals surface area (Å²) in [7, 11) is 0. The van der Waals surface area contributed by atoms with Gasteiger partial charge in [-0.2, -0.15) is 0 Å². The lowest BCUT2D eigenvalue weighted by Gasteiger charge is -2.22. The van der Waals surface area contributed by atoms with Gasteiger partial charge in [-0.15, -0.1) is 0 Å². The lowest BCUT2D eigenvalue weighted by molar-refractivity contribution is -0.141. The van der Waals surface area contributed by atoms with Crippen molar-refractivity contribution in [2.75, 3.05) is 6.54 Å². The van der Waals surface area contributed by atoms with Crippen LogP contribution in [0.3, 0.4) is 0 Å². The zero-order valence-electron chi connectivity index (χ0n) is 11.5. The second kappa shape index (κ2) is 5.57. The van der Waals surface area contributed by atoms with E-state index in [1.807, 2.05) is 0 Å². The lowest BCUT2D eigenvalue weighted by Crippen LogP contribution is -2.40. The molecule has 1 aliphatic heterocycles. The molecule has 1 aliphatic rings. The predicted molar refractivity (Wildman–Crippen MR) is 84.0 cm³/mol. The van der Waals surface area contributed by atoms with Crippen LogP contribution in [-0.4, -0.2) is 39.5 Å². The molecule has 1 fully saturated rings. The van der Waals surface area contributed by atoms with E-state index in [9.17, 15) is 19.5 Å². The highest BCUT2D eigenvalue weighted by atomic mass is 79.9. The van der Waals surface area contributed by atoms with Gasteiger partial charge in [0.15, 0.2) is 0 Å². The molecular weight excluding hydrogens is 352 g/mol. The van der Waals surface area contributed by atoms with Gasteiger partial charge < -0.3 is 15.0 Å². The van der Waals surface area contributed by atoms with Crippen molar-refractivity contribution in [1.29, 1.82) is 0 Å². The molecule has 7 heteroatoms. The molecule has 0 aliphatic carbocycles. The van der Waals surface area contributed by atoms with E-state index in [1.165, 1.54) is 11.0 Å². The third-order valence-electron chi connectivity index (χ3n) is 3.86. The summed E-state index contributed by atoms with van der Waals surface area (Å²) in [5.41, 5.74) is 0.367. The number of para-hydroxylation sites is 1. The molecule has 1 atom stereocenters. The number of H-pyrrole nitrogens is 1. The summed E-state index contributed by atoms with van der Waals surface area (Å²) >= 11 is 3.34. The van der Waals surface area contributed by atoms with Crippen molar-refractivity contribution in [3.63, 3.8) is 0 Å². The standard InChI is InChI=1S/C15H13BrN2O4/c16-10-4-1-3-8-9(7-12(19)17-13(8)10)14(20)18-6-2-5-11(18)15(21)22/h1,3-4,7,11H,2,5-6H2,(H,17,19)(H,21,22)/t11-/m0/s1. The molecule has 2 N–H and O–H groups in total. The van der Waals surface area contributed by atoms with Crippen LogP contribution in [0.1, 0.15) is 23.2 Å². The Hall–Kier alpha value is -2.15. The Morgan fingerprint density at radius 3 is 2.86 bits per heavy atom. The number of carbonyl (C=O) groups is 2. The third kappa shape index (κ3) is 2.41. The number of hydrogen-bond donors (Lipinski definition) is 2. The van der Waals surface area contributed by atoms with Crippen LogP contribution in [0.15, 0.2) is 33.5 Å². The van der Waals surface area contributed by atoms with Gasteiger partial charge in [0.25, 0.3) is 5.91 Å². The Morgan fingerprint density at radius 2 is 2.14 bits per heavy atom. The fourth-order valence-electron chi connectivity index (χ4n) is 2.84. The normalized spacial score (nSPS) is 17.9. The molecule has 1 amide bonds. The van der Waals surface area contributed by atoms with Gasteiger partial charge in [0.05, 0.1) is 11.1 Å². The largest absolute Gasteiger partial charge is 0.480 e. The van der Waals surface area contributed by atoms with E-state index in [2.05, 4.69) is 20.9 Å². The summed E-state index contributed by atoms with van der Waals surface area (Å²) in [6.45, 7) is 0.387. The highest BCUT2D eigenvalue weighted by molar-refractivity contribution is 9.10. The first-order valence-corrected chi connectivity index (χ1v) is 7.63. The number of aromatic amines is 1. The molecule has 0 unspecified atom stereocenters. The molecule has 2 heterocycles. The molecular formula is C15H13BrN2O4. The number of amides is 1. The van der Waals surface area contributed by atoms with Crippen LogP contribution in [0.4, 0.5) is 0 Å². The summed E-state index contributed by atoms with van der Waals surface area (Å²) < 4.78 is 0.674. The van der Waals surface area contributed by atoms with Gasteiger partial charge in [0.2, 0.25) is 5.56 Å². The first-order valence-electron chi connectivity index (χ1n) is 6.84. The number of carboxylic acids is 1. The number of halogens is 1. The van der Waals surface area contributed by atoms with Crippen molar-refractivity contribution in [2.45, 2.75) is 18.9 Å². The van der Waals surface area contributed by atoms with E-state index in [0.717, 1.165) is 0 Å². The van der Waals surface area contributed by atoms with Gasteiger partial charge in [-0.05, 0) is 34.8 Å². The van der Waals surface area contributed by atoms with Crippen molar-refractivity contribution in [3.05, 3.63) is 44.7 Å². The smallest absolute Gasteiger partial charge is 0.326 e. The van der Waals surface area contributed by atoms with Crippen molar-refractivity contribution in [2.24, 2.45) is 0 Å². The van der Waals surface area contributed by atoms with E-state index in [1.54, 1.807) is 18.2 Å². The second-order valence-electron chi connectivity index (χ2n) is 5.20. The fraction of sp³-hybridized carbons (Fsp3) is 0.267. The topological polar surface area (TPSA) is 90.5 Å². The van der Waals surface area contributed by atoms with Gasteiger partial charge in [0.1, 0.15) is 6.04 Å². The predicted octanol–water partition coefficient (Wildman–Crippen LogP) is 1.98. The minimum absolute atomic E-state index is 0.230. The van der Waals surface area contributed by atoms with E-state index in [0.29, 0.717) is 34.8 Å². The molecule has 0 saturated carbocycles. The van der Waals surface area contributed by atoms with Crippen LogP contribution in [0.5, 0.6) is 0 Å². The summed E-state index contributed by atoms with van der Waals surface area (Å²) in [6, 6.07) is 5.67. The lowest BCUT2D eigenvalue weighted by atomic mass is 10.1.